The molecule has 0 aliphatic heterocycles. The van der Waals surface area contributed by atoms with Crippen molar-refractivity contribution in [1.29, 1.82) is 0 Å². The summed E-state index contributed by atoms with van der Waals surface area (Å²) in [6.45, 7) is 1.93. The van der Waals surface area contributed by atoms with Gasteiger partial charge in [-0.05, 0) is 37.8 Å². The van der Waals surface area contributed by atoms with E-state index in [2.05, 4.69) is 10.3 Å². The molecule has 2 rings (SSSR count). The first-order valence-electron chi connectivity index (χ1n) is 6.99. The van der Waals surface area contributed by atoms with E-state index in [4.69, 9.17) is 5.11 Å². The molecule has 1 amide bonds. The predicted octanol–water partition coefficient (Wildman–Crippen LogP) is 1.69. The van der Waals surface area contributed by atoms with Gasteiger partial charge in [0.15, 0.2) is 0 Å². The lowest BCUT2D eigenvalue weighted by molar-refractivity contribution is -0.143. The Morgan fingerprint density at radius 1 is 1.45 bits per heavy atom. The lowest BCUT2D eigenvalue weighted by Gasteiger charge is -2.27. The zero-order valence-electron chi connectivity index (χ0n) is 11.6. The molecule has 1 aliphatic rings. The van der Waals surface area contributed by atoms with E-state index in [1.165, 1.54) is 0 Å². The second-order valence-corrected chi connectivity index (χ2v) is 5.41. The Bertz CT molecular complexity index is 502. The Balaban J connectivity index is 1.88. The van der Waals surface area contributed by atoms with Gasteiger partial charge in [0.1, 0.15) is 0 Å². The van der Waals surface area contributed by atoms with Gasteiger partial charge in [0.25, 0.3) is 0 Å². The van der Waals surface area contributed by atoms with Gasteiger partial charge in [0.2, 0.25) is 5.91 Å². The number of hydrogen-bond acceptors (Lipinski definition) is 3. The average molecular weight is 276 g/mol. The molecule has 0 spiro atoms. The summed E-state index contributed by atoms with van der Waals surface area (Å²) in [7, 11) is 0. The first-order valence-corrected chi connectivity index (χ1v) is 6.99. The van der Waals surface area contributed by atoms with Crippen LogP contribution in [0, 0.1) is 12.8 Å². The second-order valence-electron chi connectivity index (χ2n) is 5.41. The SMILES string of the molecule is Cc1cccnc1CC(=O)NC1CCCC(C(=O)O)C1. The van der Waals surface area contributed by atoms with Gasteiger partial charge in [0.05, 0.1) is 18.0 Å². The molecule has 5 heteroatoms. The van der Waals surface area contributed by atoms with Crippen LogP contribution in [0.2, 0.25) is 0 Å². The van der Waals surface area contributed by atoms with Crippen LogP contribution in [-0.4, -0.2) is 28.0 Å². The number of pyridine rings is 1. The molecule has 0 bridgehead atoms. The number of aromatic nitrogens is 1. The fourth-order valence-electron chi connectivity index (χ4n) is 2.68. The van der Waals surface area contributed by atoms with Crippen molar-refractivity contribution in [3.8, 4) is 0 Å². The third kappa shape index (κ3) is 3.79. The molecular weight excluding hydrogens is 256 g/mol. The molecule has 1 aromatic heterocycles. The highest BCUT2D eigenvalue weighted by atomic mass is 16.4. The lowest BCUT2D eigenvalue weighted by Crippen LogP contribution is -2.40. The van der Waals surface area contributed by atoms with Crippen molar-refractivity contribution in [2.45, 2.75) is 45.1 Å². The average Bonchev–Trinajstić information content (AvgIpc) is 2.41. The van der Waals surface area contributed by atoms with Gasteiger partial charge in [0, 0.05) is 12.2 Å². The van der Waals surface area contributed by atoms with Gasteiger partial charge in [-0.25, -0.2) is 0 Å². The van der Waals surface area contributed by atoms with Crippen LogP contribution < -0.4 is 5.32 Å². The third-order valence-corrected chi connectivity index (χ3v) is 3.83. The van der Waals surface area contributed by atoms with Crippen molar-refractivity contribution in [2.24, 2.45) is 5.92 Å². The Labute approximate surface area is 118 Å². The van der Waals surface area contributed by atoms with Crippen molar-refractivity contribution in [3.63, 3.8) is 0 Å². The molecule has 2 N–H and O–H groups in total. The van der Waals surface area contributed by atoms with E-state index in [0.717, 1.165) is 24.1 Å². The van der Waals surface area contributed by atoms with Gasteiger partial charge in [-0.2, -0.15) is 0 Å². The molecule has 108 valence electrons. The molecule has 0 saturated heterocycles. The first-order chi connectivity index (χ1) is 9.56. The first kappa shape index (κ1) is 14.5. The van der Waals surface area contributed by atoms with Crippen molar-refractivity contribution < 1.29 is 14.7 Å². The number of carbonyl (C=O) groups is 2. The maximum Gasteiger partial charge on any atom is 0.306 e. The van der Waals surface area contributed by atoms with Gasteiger partial charge >= 0.3 is 5.97 Å². The maximum absolute atomic E-state index is 12.0. The minimum atomic E-state index is -0.760. The Morgan fingerprint density at radius 2 is 2.25 bits per heavy atom. The van der Waals surface area contributed by atoms with Crippen LogP contribution in [0.3, 0.4) is 0 Å². The summed E-state index contributed by atoms with van der Waals surface area (Å²) in [5.41, 5.74) is 1.77. The van der Waals surface area contributed by atoms with E-state index in [1.54, 1.807) is 6.20 Å². The lowest BCUT2D eigenvalue weighted by atomic mass is 9.85. The molecule has 1 aliphatic carbocycles. The number of amides is 1. The van der Waals surface area contributed by atoms with Gasteiger partial charge in [-0.3, -0.25) is 14.6 Å². The quantitative estimate of drug-likeness (QED) is 0.877. The van der Waals surface area contributed by atoms with Gasteiger partial charge < -0.3 is 10.4 Å². The number of rotatable bonds is 4. The minimum absolute atomic E-state index is 0.0265. The topological polar surface area (TPSA) is 79.3 Å². The minimum Gasteiger partial charge on any atom is -0.481 e. The molecule has 1 fully saturated rings. The highest BCUT2D eigenvalue weighted by Crippen LogP contribution is 2.24. The molecule has 2 atom stereocenters. The Kier molecular flexibility index (Phi) is 4.71. The van der Waals surface area contributed by atoms with Crippen LogP contribution in [-0.2, 0) is 16.0 Å². The number of nitrogens with one attached hydrogen (secondary N) is 1. The summed E-state index contributed by atoms with van der Waals surface area (Å²) in [6, 6.07) is 3.74. The van der Waals surface area contributed by atoms with Crippen LogP contribution in [0.25, 0.3) is 0 Å². The van der Waals surface area contributed by atoms with Crippen LogP contribution >= 0.6 is 0 Å². The van der Waals surface area contributed by atoms with Gasteiger partial charge in [-0.1, -0.05) is 12.5 Å². The molecule has 5 nitrogen and oxygen atoms in total. The van der Waals surface area contributed by atoms with Crippen LogP contribution in [0.5, 0.6) is 0 Å². The maximum atomic E-state index is 12.0. The highest BCUT2D eigenvalue weighted by Gasteiger charge is 2.27. The smallest absolute Gasteiger partial charge is 0.306 e. The van der Waals surface area contributed by atoms with Crippen LogP contribution in [0.1, 0.15) is 36.9 Å². The highest BCUT2D eigenvalue weighted by molar-refractivity contribution is 5.79. The summed E-state index contributed by atoms with van der Waals surface area (Å²) in [4.78, 5) is 27.2. The van der Waals surface area contributed by atoms with E-state index in [-0.39, 0.29) is 24.3 Å². The molecule has 1 aromatic rings. The van der Waals surface area contributed by atoms with Crippen molar-refractivity contribution in [2.75, 3.05) is 0 Å². The number of carboxylic acid groups (broad SMARTS) is 1. The number of nitrogens with zero attached hydrogens (tertiary/aromatic N) is 1. The number of carboxylic acids is 1. The van der Waals surface area contributed by atoms with Gasteiger partial charge in [-0.15, -0.1) is 0 Å². The molecule has 2 unspecified atom stereocenters. The zero-order valence-corrected chi connectivity index (χ0v) is 11.6. The van der Waals surface area contributed by atoms with E-state index in [1.807, 2.05) is 19.1 Å². The number of carbonyl (C=O) groups excluding carboxylic acids is 1. The summed E-state index contributed by atoms with van der Waals surface area (Å²) in [5.74, 6) is -1.17. The van der Waals surface area contributed by atoms with E-state index in [9.17, 15) is 9.59 Å². The molecule has 1 saturated carbocycles. The van der Waals surface area contributed by atoms with Crippen molar-refractivity contribution in [1.82, 2.24) is 10.3 Å². The predicted molar refractivity (Wildman–Crippen MR) is 74.2 cm³/mol. The van der Waals surface area contributed by atoms with Crippen molar-refractivity contribution in [3.05, 3.63) is 29.6 Å². The number of hydrogen-bond donors (Lipinski definition) is 2. The molecule has 0 aromatic carbocycles. The normalized spacial score (nSPS) is 22.2. The third-order valence-electron chi connectivity index (χ3n) is 3.83. The standard InChI is InChI=1S/C15H20N2O3/c1-10-4-3-7-16-13(10)9-14(18)17-12-6-2-5-11(8-12)15(19)20/h3-4,7,11-12H,2,5-6,8-9H2,1H3,(H,17,18)(H,19,20). The fourth-order valence-corrected chi connectivity index (χ4v) is 2.68. The fraction of sp³-hybridized carbons (Fsp3) is 0.533. The van der Waals surface area contributed by atoms with Crippen LogP contribution in [0.4, 0.5) is 0 Å². The largest absolute Gasteiger partial charge is 0.481 e. The molecule has 1 heterocycles. The summed E-state index contributed by atoms with van der Waals surface area (Å²) < 4.78 is 0. The summed E-state index contributed by atoms with van der Waals surface area (Å²) in [6.07, 6.45) is 4.88. The Hall–Kier alpha value is -1.91. The van der Waals surface area contributed by atoms with E-state index in [0.29, 0.717) is 12.8 Å². The zero-order chi connectivity index (χ0) is 14.5. The molecule has 0 radical (unpaired) electrons. The molecule has 20 heavy (non-hydrogen) atoms. The monoisotopic (exact) mass is 276 g/mol. The van der Waals surface area contributed by atoms with Crippen molar-refractivity contribution >= 4 is 11.9 Å². The Morgan fingerprint density at radius 3 is 2.95 bits per heavy atom. The van der Waals surface area contributed by atoms with E-state index >= 15 is 0 Å². The number of aryl methyl sites for hydroxylation is 1. The molecular formula is C15H20N2O3. The van der Waals surface area contributed by atoms with Crippen LogP contribution in [0.15, 0.2) is 18.3 Å². The number of aliphatic carboxylic acids is 1. The second kappa shape index (κ2) is 6.50. The summed E-state index contributed by atoms with van der Waals surface area (Å²) >= 11 is 0. The summed E-state index contributed by atoms with van der Waals surface area (Å²) in [5, 5.41) is 12.0. The van der Waals surface area contributed by atoms with E-state index < -0.39 is 5.97 Å².